The minimum absolute atomic E-state index is 1.04. The van der Waals surface area contributed by atoms with Gasteiger partial charge in [0.25, 0.3) is 0 Å². The molecule has 1 nitrogen and oxygen atoms in total. The maximum Gasteiger partial charge on any atom is 0.0111 e. The van der Waals surface area contributed by atoms with Crippen molar-refractivity contribution in [3.8, 4) is 0 Å². The average molecular weight is 131 g/mol. The van der Waals surface area contributed by atoms with Crippen LogP contribution in [0.4, 0.5) is 0 Å². The van der Waals surface area contributed by atoms with Crippen LogP contribution >= 0.6 is 11.9 Å². The van der Waals surface area contributed by atoms with Gasteiger partial charge < -0.3 is 0 Å². The van der Waals surface area contributed by atoms with Crippen molar-refractivity contribution < 1.29 is 0 Å². The van der Waals surface area contributed by atoms with E-state index in [0.717, 1.165) is 18.6 Å². The maximum atomic E-state index is 5.19. The van der Waals surface area contributed by atoms with Gasteiger partial charge in [-0.3, -0.25) is 5.14 Å². The second kappa shape index (κ2) is 7.05. The van der Waals surface area contributed by atoms with Gasteiger partial charge in [0.2, 0.25) is 0 Å². The van der Waals surface area contributed by atoms with E-state index < -0.39 is 0 Å². The number of nitrogens with two attached hydrogens (primary N) is 1. The molecule has 0 aliphatic rings. The van der Waals surface area contributed by atoms with Gasteiger partial charge in [0.05, 0.1) is 0 Å². The van der Waals surface area contributed by atoms with E-state index in [0.29, 0.717) is 0 Å². The van der Waals surface area contributed by atoms with Crippen molar-refractivity contribution in [2.75, 3.05) is 5.75 Å². The highest BCUT2D eigenvalue weighted by molar-refractivity contribution is 7.97. The molecule has 0 spiro atoms. The standard InChI is InChI=1S/C6H13NS/c1-2-3-4-5-6-8-7/h3-4H,2,5-7H2,1H3/b4-3+. The summed E-state index contributed by atoms with van der Waals surface area (Å²) in [5.41, 5.74) is 0. The lowest BCUT2D eigenvalue weighted by Crippen LogP contribution is -1.81. The largest absolute Gasteiger partial charge is 0.278 e. The summed E-state index contributed by atoms with van der Waals surface area (Å²) in [4.78, 5) is 0. The molecular formula is C6H13NS. The van der Waals surface area contributed by atoms with Gasteiger partial charge in [0, 0.05) is 5.75 Å². The Labute approximate surface area is 55.5 Å². The summed E-state index contributed by atoms with van der Waals surface area (Å²) in [7, 11) is 0. The predicted molar refractivity (Wildman–Crippen MR) is 40.7 cm³/mol. The SMILES string of the molecule is CC/C=C/CCSN. The first kappa shape index (κ1) is 8.05. The Morgan fingerprint density at radius 3 is 2.75 bits per heavy atom. The molecule has 0 unspecified atom stereocenters. The first-order valence-electron chi connectivity index (χ1n) is 2.88. The van der Waals surface area contributed by atoms with Crippen LogP contribution in [0.15, 0.2) is 12.2 Å². The average Bonchev–Trinajstić information content (AvgIpc) is 1.81. The predicted octanol–water partition coefficient (Wildman–Crippen LogP) is 1.95. The van der Waals surface area contributed by atoms with E-state index in [2.05, 4.69) is 19.1 Å². The van der Waals surface area contributed by atoms with Gasteiger partial charge in [0.1, 0.15) is 0 Å². The molecule has 2 N–H and O–H groups in total. The van der Waals surface area contributed by atoms with Crippen molar-refractivity contribution in [3.05, 3.63) is 12.2 Å². The van der Waals surface area contributed by atoms with E-state index in [4.69, 9.17) is 5.14 Å². The Balaban J connectivity index is 2.80. The van der Waals surface area contributed by atoms with Gasteiger partial charge in [-0.1, -0.05) is 31.0 Å². The first-order valence-corrected chi connectivity index (χ1v) is 3.93. The molecule has 0 aromatic carbocycles. The van der Waals surface area contributed by atoms with Gasteiger partial charge in [-0.2, -0.15) is 0 Å². The molecule has 0 rings (SSSR count). The third-order valence-corrected chi connectivity index (χ3v) is 1.28. The second-order valence-corrected chi connectivity index (χ2v) is 2.28. The summed E-state index contributed by atoms with van der Waals surface area (Å²) < 4.78 is 0. The summed E-state index contributed by atoms with van der Waals surface area (Å²) in [6.07, 6.45) is 6.57. The zero-order valence-electron chi connectivity index (χ0n) is 5.26. The second-order valence-electron chi connectivity index (χ2n) is 1.54. The van der Waals surface area contributed by atoms with Gasteiger partial charge in [0.15, 0.2) is 0 Å². The quantitative estimate of drug-likeness (QED) is 0.358. The van der Waals surface area contributed by atoms with E-state index in [1.165, 1.54) is 11.9 Å². The van der Waals surface area contributed by atoms with Crippen molar-refractivity contribution in [2.45, 2.75) is 19.8 Å². The van der Waals surface area contributed by atoms with E-state index in [1.54, 1.807) is 0 Å². The molecule has 0 fully saturated rings. The first-order chi connectivity index (χ1) is 3.91. The fourth-order valence-corrected chi connectivity index (χ4v) is 0.693. The summed E-state index contributed by atoms with van der Waals surface area (Å²) in [6, 6.07) is 0. The molecule has 0 aliphatic carbocycles. The van der Waals surface area contributed by atoms with Crippen LogP contribution in [0, 0.1) is 0 Å². The molecule has 0 saturated carbocycles. The highest BCUT2D eigenvalue weighted by Crippen LogP contribution is 1.92. The lowest BCUT2D eigenvalue weighted by molar-refractivity contribution is 1.16. The van der Waals surface area contributed by atoms with Crippen molar-refractivity contribution in [1.82, 2.24) is 0 Å². The lowest BCUT2D eigenvalue weighted by Gasteiger charge is -1.85. The molecule has 48 valence electrons. The molecular weight excluding hydrogens is 118 g/mol. The smallest absolute Gasteiger partial charge is 0.0111 e. The maximum absolute atomic E-state index is 5.19. The van der Waals surface area contributed by atoms with Gasteiger partial charge >= 0.3 is 0 Å². The summed E-state index contributed by atoms with van der Waals surface area (Å²) in [5.74, 6) is 1.04. The molecule has 0 amide bonds. The van der Waals surface area contributed by atoms with Crippen molar-refractivity contribution >= 4 is 11.9 Å². The number of hydrogen-bond acceptors (Lipinski definition) is 2. The van der Waals surface area contributed by atoms with E-state index in [9.17, 15) is 0 Å². The third kappa shape index (κ3) is 6.05. The van der Waals surface area contributed by atoms with E-state index >= 15 is 0 Å². The summed E-state index contributed by atoms with van der Waals surface area (Å²) in [5, 5.41) is 5.19. The number of allylic oxidation sites excluding steroid dienone is 2. The minimum Gasteiger partial charge on any atom is -0.278 e. The molecule has 0 aliphatic heterocycles. The van der Waals surface area contributed by atoms with Crippen LogP contribution in [0.3, 0.4) is 0 Å². The Bertz CT molecular complexity index is 61.5. The fourth-order valence-electron chi connectivity index (χ4n) is 0.421. The topological polar surface area (TPSA) is 26.0 Å². The minimum atomic E-state index is 1.04. The van der Waals surface area contributed by atoms with Gasteiger partial charge in [-0.15, -0.1) is 0 Å². The molecule has 0 heterocycles. The lowest BCUT2D eigenvalue weighted by atomic mass is 10.4. The summed E-state index contributed by atoms with van der Waals surface area (Å²) >= 11 is 1.40. The highest BCUT2D eigenvalue weighted by atomic mass is 32.2. The molecule has 0 radical (unpaired) electrons. The zero-order valence-corrected chi connectivity index (χ0v) is 6.08. The molecule has 0 saturated heterocycles. The van der Waals surface area contributed by atoms with Crippen LogP contribution in [0.2, 0.25) is 0 Å². The molecule has 0 aromatic heterocycles. The van der Waals surface area contributed by atoms with E-state index in [1.807, 2.05) is 0 Å². The molecule has 0 aromatic rings. The normalized spacial score (nSPS) is 10.8. The Morgan fingerprint density at radius 2 is 2.25 bits per heavy atom. The monoisotopic (exact) mass is 131 g/mol. The molecule has 8 heavy (non-hydrogen) atoms. The molecule has 0 bridgehead atoms. The van der Waals surface area contributed by atoms with Gasteiger partial charge in [-0.25, -0.2) is 0 Å². The fraction of sp³-hybridized carbons (Fsp3) is 0.667. The molecule has 2 heteroatoms. The Hall–Kier alpha value is 0.0500. The zero-order chi connectivity index (χ0) is 6.24. The van der Waals surface area contributed by atoms with Gasteiger partial charge in [-0.05, 0) is 12.8 Å². The van der Waals surface area contributed by atoms with Crippen LogP contribution < -0.4 is 5.14 Å². The van der Waals surface area contributed by atoms with Crippen molar-refractivity contribution in [2.24, 2.45) is 5.14 Å². The Morgan fingerprint density at radius 1 is 1.50 bits per heavy atom. The third-order valence-electron chi connectivity index (χ3n) is 0.805. The Kier molecular flexibility index (Phi) is 7.09. The number of rotatable bonds is 4. The van der Waals surface area contributed by atoms with Crippen LogP contribution in [0.5, 0.6) is 0 Å². The van der Waals surface area contributed by atoms with Crippen LogP contribution in [0.1, 0.15) is 19.8 Å². The molecule has 0 atom stereocenters. The van der Waals surface area contributed by atoms with Crippen LogP contribution in [-0.4, -0.2) is 5.75 Å². The van der Waals surface area contributed by atoms with E-state index in [-0.39, 0.29) is 0 Å². The van der Waals surface area contributed by atoms with Crippen LogP contribution in [-0.2, 0) is 0 Å². The van der Waals surface area contributed by atoms with Crippen molar-refractivity contribution in [3.63, 3.8) is 0 Å². The van der Waals surface area contributed by atoms with Crippen LogP contribution in [0.25, 0.3) is 0 Å². The summed E-state index contributed by atoms with van der Waals surface area (Å²) in [6.45, 7) is 2.13. The van der Waals surface area contributed by atoms with Crippen molar-refractivity contribution in [1.29, 1.82) is 0 Å². The number of hydrogen-bond donors (Lipinski definition) is 1. The highest BCUT2D eigenvalue weighted by Gasteiger charge is 1.75.